The number of anilines is 2. The zero-order valence-electron chi connectivity index (χ0n) is 7.63. The second-order valence-corrected chi connectivity index (χ2v) is 4.99. The van der Waals surface area contributed by atoms with Gasteiger partial charge in [0.2, 0.25) is 0 Å². The zero-order valence-corrected chi connectivity index (χ0v) is 9.96. The maximum atomic E-state index is 5.92. The van der Waals surface area contributed by atoms with Crippen LogP contribution in [0.2, 0.25) is 10.0 Å². The molecule has 4 N–H and O–H groups in total. The predicted molar refractivity (Wildman–Crippen MR) is 68.6 cm³/mol. The first-order valence-corrected chi connectivity index (χ1v) is 5.75. The highest BCUT2D eigenvalue weighted by Gasteiger charge is 2.08. The summed E-state index contributed by atoms with van der Waals surface area (Å²) in [7, 11) is 0. The summed E-state index contributed by atoms with van der Waals surface area (Å²) in [5, 5.41) is 2.42. The average molecular weight is 259 g/mol. The number of halogens is 2. The third-order valence-electron chi connectivity index (χ3n) is 2.01. The van der Waals surface area contributed by atoms with Crippen molar-refractivity contribution >= 4 is 44.5 Å². The first kappa shape index (κ1) is 10.6. The van der Waals surface area contributed by atoms with Crippen LogP contribution in [0.4, 0.5) is 10.0 Å². The van der Waals surface area contributed by atoms with Crippen molar-refractivity contribution in [1.29, 1.82) is 0 Å². The lowest BCUT2D eigenvalue weighted by atomic mass is 10.1. The molecule has 0 spiro atoms. The van der Waals surface area contributed by atoms with Gasteiger partial charge in [0.25, 0.3) is 0 Å². The van der Waals surface area contributed by atoms with Gasteiger partial charge < -0.3 is 11.5 Å². The van der Waals surface area contributed by atoms with Crippen molar-refractivity contribution in [2.24, 2.45) is 0 Å². The molecule has 1 heterocycles. The molecule has 1 aromatic heterocycles. The van der Waals surface area contributed by atoms with E-state index in [-0.39, 0.29) is 0 Å². The van der Waals surface area contributed by atoms with E-state index < -0.39 is 0 Å². The largest absolute Gasteiger partial charge is 0.391 e. The van der Waals surface area contributed by atoms with Crippen molar-refractivity contribution in [3.8, 4) is 11.1 Å². The second-order valence-electron chi connectivity index (χ2n) is 3.06. The number of hydrogen-bond acceptors (Lipinski definition) is 3. The van der Waals surface area contributed by atoms with Crippen LogP contribution in [0.5, 0.6) is 0 Å². The number of nitrogens with two attached hydrogens (primary N) is 2. The van der Waals surface area contributed by atoms with Crippen molar-refractivity contribution in [1.82, 2.24) is 0 Å². The van der Waals surface area contributed by atoms with Crippen LogP contribution in [-0.4, -0.2) is 0 Å². The van der Waals surface area contributed by atoms with Gasteiger partial charge in [-0.1, -0.05) is 29.3 Å². The molecule has 2 aromatic rings. The van der Waals surface area contributed by atoms with Crippen molar-refractivity contribution in [3.63, 3.8) is 0 Å². The third-order valence-corrected chi connectivity index (χ3v) is 3.54. The molecular weight excluding hydrogens is 251 g/mol. The molecule has 0 unspecified atom stereocenters. The van der Waals surface area contributed by atoms with Crippen molar-refractivity contribution in [2.45, 2.75) is 0 Å². The maximum absolute atomic E-state index is 5.92. The van der Waals surface area contributed by atoms with Gasteiger partial charge in [0.1, 0.15) is 0 Å². The van der Waals surface area contributed by atoms with E-state index >= 15 is 0 Å². The highest BCUT2D eigenvalue weighted by atomic mass is 35.5. The molecule has 0 amide bonds. The smallest absolute Gasteiger partial charge is 0.0957 e. The Hall–Kier alpha value is -0.900. The van der Waals surface area contributed by atoms with Crippen LogP contribution in [-0.2, 0) is 0 Å². The maximum Gasteiger partial charge on any atom is 0.0957 e. The normalized spacial score (nSPS) is 10.5. The Morgan fingerprint density at radius 2 is 1.73 bits per heavy atom. The van der Waals surface area contributed by atoms with E-state index in [0.29, 0.717) is 20.0 Å². The molecule has 0 radical (unpaired) electrons. The van der Waals surface area contributed by atoms with E-state index in [4.69, 9.17) is 34.7 Å². The minimum Gasteiger partial charge on any atom is -0.391 e. The Labute approximate surface area is 101 Å². The quantitative estimate of drug-likeness (QED) is 0.816. The highest BCUT2D eigenvalue weighted by Crippen LogP contribution is 2.37. The van der Waals surface area contributed by atoms with Gasteiger partial charge in [-0.25, -0.2) is 0 Å². The van der Waals surface area contributed by atoms with Crippen LogP contribution in [0.1, 0.15) is 0 Å². The summed E-state index contributed by atoms with van der Waals surface area (Å²) in [4.78, 5) is 0. The van der Waals surface area contributed by atoms with E-state index in [9.17, 15) is 0 Å². The molecule has 5 heteroatoms. The summed E-state index contributed by atoms with van der Waals surface area (Å²) in [6.45, 7) is 0. The van der Waals surface area contributed by atoms with Gasteiger partial charge in [-0.2, -0.15) is 0 Å². The summed E-state index contributed by atoms with van der Waals surface area (Å²) in [6.07, 6.45) is 0. The molecule has 0 fully saturated rings. The fraction of sp³-hybridized carbons (Fsp3) is 0. The summed E-state index contributed by atoms with van der Waals surface area (Å²) in [6, 6.07) is 7.22. The van der Waals surface area contributed by atoms with E-state index in [2.05, 4.69) is 0 Å². The monoisotopic (exact) mass is 258 g/mol. The lowest BCUT2D eigenvalue weighted by Gasteiger charge is -2.01. The molecule has 0 saturated carbocycles. The Morgan fingerprint density at radius 3 is 2.27 bits per heavy atom. The number of hydrogen-bond donors (Lipinski definition) is 2. The van der Waals surface area contributed by atoms with Gasteiger partial charge in [-0.05, 0) is 23.8 Å². The highest BCUT2D eigenvalue weighted by molar-refractivity contribution is 7.20. The van der Waals surface area contributed by atoms with Crippen molar-refractivity contribution in [2.75, 3.05) is 11.5 Å². The minimum absolute atomic E-state index is 0.512. The summed E-state index contributed by atoms with van der Waals surface area (Å²) >= 11 is 13.1. The minimum atomic E-state index is 0.512. The standard InChI is InChI=1S/C10H8Cl2N2S/c11-7-2-1-5(3-8(7)12)6-4-9(13)15-10(6)14/h1-4H,13-14H2. The van der Waals surface area contributed by atoms with Gasteiger partial charge in [0.05, 0.1) is 20.0 Å². The number of rotatable bonds is 1. The first-order valence-electron chi connectivity index (χ1n) is 4.18. The molecule has 15 heavy (non-hydrogen) atoms. The van der Waals surface area contributed by atoms with Gasteiger partial charge in [-0.3, -0.25) is 0 Å². The SMILES string of the molecule is Nc1cc(-c2ccc(Cl)c(Cl)c2)c(N)s1. The summed E-state index contributed by atoms with van der Waals surface area (Å²) in [5.74, 6) is 0. The molecule has 2 nitrogen and oxygen atoms in total. The molecule has 0 saturated heterocycles. The van der Waals surface area contributed by atoms with Crippen LogP contribution < -0.4 is 11.5 Å². The van der Waals surface area contributed by atoms with Crippen LogP contribution in [0.15, 0.2) is 24.3 Å². The molecule has 0 atom stereocenters. The van der Waals surface area contributed by atoms with Crippen LogP contribution in [0.25, 0.3) is 11.1 Å². The third kappa shape index (κ3) is 2.04. The predicted octanol–water partition coefficient (Wildman–Crippen LogP) is 3.89. The molecular formula is C10H8Cl2N2S. The topological polar surface area (TPSA) is 52.0 Å². The molecule has 78 valence electrons. The van der Waals surface area contributed by atoms with Crippen molar-refractivity contribution in [3.05, 3.63) is 34.3 Å². The van der Waals surface area contributed by atoms with Gasteiger partial charge in [0.15, 0.2) is 0 Å². The molecule has 1 aromatic carbocycles. The summed E-state index contributed by atoms with van der Waals surface area (Å²) < 4.78 is 0. The fourth-order valence-corrected chi connectivity index (χ4v) is 2.33. The molecule has 2 rings (SSSR count). The summed E-state index contributed by atoms with van der Waals surface area (Å²) in [5.41, 5.74) is 13.3. The van der Waals surface area contributed by atoms with Gasteiger partial charge in [-0.15, -0.1) is 11.3 Å². The number of thiophene rings is 1. The Balaban J connectivity index is 2.54. The van der Waals surface area contributed by atoms with Gasteiger partial charge >= 0.3 is 0 Å². The lowest BCUT2D eigenvalue weighted by molar-refractivity contribution is 1.67. The average Bonchev–Trinajstić information content (AvgIpc) is 2.50. The van der Waals surface area contributed by atoms with Crippen LogP contribution >= 0.6 is 34.5 Å². The Kier molecular flexibility index (Phi) is 2.78. The van der Waals surface area contributed by atoms with Gasteiger partial charge in [0, 0.05) is 5.56 Å². The van der Waals surface area contributed by atoms with E-state index in [1.54, 1.807) is 12.1 Å². The Bertz CT molecular complexity index is 508. The van der Waals surface area contributed by atoms with Crippen LogP contribution in [0, 0.1) is 0 Å². The molecule has 0 aliphatic heterocycles. The first-order chi connectivity index (χ1) is 7.08. The molecule has 0 aliphatic rings. The number of benzene rings is 1. The second kappa shape index (κ2) is 3.93. The fourth-order valence-electron chi connectivity index (χ4n) is 1.31. The zero-order chi connectivity index (χ0) is 11.0. The number of nitrogen functional groups attached to an aromatic ring is 2. The van der Waals surface area contributed by atoms with E-state index in [0.717, 1.165) is 11.1 Å². The molecule has 0 aliphatic carbocycles. The molecule has 0 bridgehead atoms. The van der Waals surface area contributed by atoms with E-state index in [1.807, 2.05) is 12.1 Å². The van der Waals surface area contributed by atoms with Crippen molar-refractivity contribution < 1.29 is 0 Å². The Morgan fingerprint density at radius 1 is 1.00 bits per heavy atom. The van der Waals surface area contributed by atoms with E-state index in [1.165, 1.54) is 11.3 Å². The lowest BCUT2D eigenvalue weighted by Crippen LogP contribution is -1.83. The van der Waals surface area contributed by atoms with Crippen LogP contribution in [0.3, 0.4) is 0 Å².